The van der Waals surface area contributed by atoms with Crippen molar-refractivity contribution in [3.8, 4) is 0 Å². The number of carbonyl (C=O) groups excluding carboxylic acids is 2. The van der Waals surface area contributed by atoms with E-state index in [1.165, 1.54) is 18.4 Å². The summed E-state index contributed by atoms with van der Waals surface area (Å²) in [5, 5.41) is 0. The van der Waals surface area contributed by atoms with E-state index in [2.05, 4.69) is 0 Å². The van der Waals surface area contributed by atoms with E-state index in [-0.39, 0.29) is 11.2 Å². The Kier molecular flexibility index (Phi) is 4.64. The van der Waals surface area contributed by atoms with Crippen molar-refractivity contribution in [1.82, 2.24) is 0 Å². The minimum Gasteiger partial charge on any atom is -0.461 e. The van der Waals surface area contributed by atoms with Crippen molar-refractivity contribution in [3.05, 3.63) is 48.5 Å². The summed E-state index contributed by atoms with van der Waals surface area (Å²) >= 11 is 0. The molecular formula is C14H16O3. The maximum absolute atomic E-state index is 11.6. The summed E-state index contributed by atoms with van der Waals surface area (Å²) in [7, 11) is 0. The Hall–Kier alpha value is -1.90. The van der Waals surface area contributed by atoms with Crippen LogP contribution in [0.2, 0.25) is 0 Å². The third-order valence-corrected chi connectivity index (χ3v) is 2.31. The van der Waals surface area contributed by atoms with Crippen molar-refractivity contribution >= 4 is 12.1 Å². The first-order valence-corrected chi connectivity index (χ1v) is 5.42. The van der Waals surface area contributed by atoms with Crippen molar-refractivity contribution in [1.29, 1.82) is 0 Å². The third kappa shape index (κ3) is 4.64. The van der Waals surface area contributed by atoms with Crippen LogP contribution in [-0.4, -0.2) is 12.1 Å². The fourth-order valence-corrected chi connectivity index (χ4v) is 1.30. The third-order valence-electron chi connectivity index (χ3n) is 2.31. The van der Waals surface area contributed by atoms with Crippen LogP contribution in [0.25, 0.3) is 0 Å². The van der Waals surface area contributed by atoms with Gasteiger partial charge in [0, 0.05) is 0 Å². The second-order valence-electron chi connectivity index (χ2n) is 4.43. The Labute approximate surface area is 101 Å². The minimum absolute atomic E-state index is 0.151. The Morgan fingerprint density at radius 2 is 2.24 bits per heavy atom. The summed E-state index contributed by atoms with van der Waals surface area (Å²) < 4.78 is 5.00. The largest absolute Gasteiger partial charge is 0.461 e. The number of aldehydes is 1. The molecule has 0 radical (unpaired) electrons. The van der Waals surface area contributed by atoms with E-state index in [1.807, 2.05) is 19.9 Å². The van der Waals surface area contributed by atoms with Gasteiger partial charge in [0.15, 0.2) is 5.76 Å². The molecule has 0 bridgehead atoms. The van der Waals surface area contributed by atoms with Crippen molar-refractivity contribution < 1.29 is 14.0 Å². The fraction of sp³-hybridized carbons (Fsp3) is 0.286. The number of ketones is 1. The molecule has 1 rings (SSSR count). The summed E-state index contributed by atoms with van der Waals surface area (Å²) in [6.45, 7) is 3.99. The number of carbonyl (C=O) groups is 2. The zero-order chi connectivity index (χ0) is 12.7. The molecule has 0 fully saturated rings. The van der Waals surface area contributed by atoms with Crippen LogP contribution >= 0.6 is 0 Å². The number of hydrogen-bond acceptors (Lipinski definition) is 3. The van der Waals surface area contributed by atoms with E-state index in [1.54, 1.807) is 18.2 Å². The van der Waals surface area contributed by atoms with Gasteiger partial charge in [-0.2, -0.15) is 0 Å². The highest BCUT2D eigenvalue weighted by Crippen LogP contribution is 2.22. The van der Waals surface area contributed by atoms with Gasteiger partial charge < -0.3 is 4.42 Å². The molecule has 0 unspecified atom stereocenters. The second-order valence-corrected chi connectivity index (χ2v) is 4.43. The van der Waals surface area contributed by atoms with Gasteiger partial charge in [-0.25, -0.2) is 0 Å². The standard InChI is InChI=1S/C14H16O3/c1-14(2,8-3-4-10-15)9-7-12(16)13-6-5-11-17-13/h3-7,9-11H,8H2,1-2H3/b4-3+,9-7+. The zero-order valence-corrected chi connectivity index (χ0v) is 10.1. The molecule has 1 aromatic rings. The molecule has 0 atom stereocenters. The molecule has 1 heterocycles. The van der Waals surface area contributed by atoms with Crippen LogP contribution in [0.3, 0.4) is 0 Å². The minimum atomic E-state index is -0.165. The fourth-order valence-electron chi connectivity index (χ4n) is 1.30. The molecule has 17 heavy (non-hydrogen) atoms. The van der Waals surface area contributed by atoms with Crippen LogP contribution in [-0.2, 0) is 4.79 Å². The molecule has 0 aliphatic carbocycles. The molecule has 0 N–H and O–H groups in total. The van der Waals surface area contributed by atoms with Gasteiger partial charge in [0.2, 0.25) is 5.78 Å². The maximum atomic E-state index is 11.6. The Bertz CT molecular complexity index is 422. The molecule has 0 aliphatic rings. The van der Waals surface area contributed by atoms with Gasteiger partial charge in [0.25, 0.3) is 0 Å². The lowest BCUT2D eigenvalue weighted by atomic mass is 9.88. The highest BCUT2D eigenvalue weighted by Gasteiger charge is 2.13. The topological polar surface area (TPSA) is 47.3 Å². The molecule has 0 spiro atoms. The van der Waals surface area contributed by atoms with E-state index in [4.69, 9.17) is 4.42 Å². The van der Waals surface area contributed by atoms with Crippen LogP contribution in [0.5, 0.6) is 0 Å². The highest BCUT2D eigenvalue weighted by molar-refractivity contribution is 6.02. The summed E-state index contributed by atoms with van der Waals surface area (Å²) in [6, 6.07) is 3.31. The maximum Gasteiger partial charge on any atom is 0.220 e. The summed E-state index contributed by atoms with van der Waals surface area (Å²) in [6.07, 6.45) is 9.50. The van der Waals surface area contributed by atoms with Crippen LogP contribution < -0.4 is 0 Å². The van der Waals surface area contributed by atoms with E-state index in [9.17, 15) is 9.59 Å². The zero-order valence-electron chi connectivity index (χ0n) is 10.1. The molecular weight excluding hydrogens is 216 g/mol. The quantitative estimate of drug-likeness (QED) is 0.430. The number of hydrogen-bond donors (Lipinski definition) is 0. The lowest BCUT2D eigenvalue weighted by Crippen LogP contribution is -2.06. The van der Waals surface area contributed by atoms with E-state index in [0.717, 1.165) is 6.29 Å². The van der Waals surface area contributed by atoms with Gasteiger partial charge in [-0.05, 0) is 36.1 Å². The van der Waals surface area contributed by atoms with Crippen molar-refractivity contribution in [3.63, 3.8) is 0 Å². The van der Waals surface area contributed by atoms with Gasteiger partial charge >= 0.3 is 0 Å². The predicted molar refractivity (Wildman–Crippen MR) is 65.8 cm³/mol. The number of allylic oxidation sites excluding steroid dienone is 4. The first-order chi connectivity index (χ1) is 8.05. The summed E-state index contributed by atoms with van der Waals surface area (Å²) in [4.78, 5) is 21.8. The normalized spacial score (nSPS) is 12.4. The molecule has 0 aromatic carbocycles. The monoisotopic (exact) mass is 232 g/mol. The van der Waals surface area contributed by atoms with E-state index in [0.29, 0.717) is 12.2 Å². The average molecular weight is 232 g/mol. The van der Waals surface area contributed by atoms with Gasteiger partial charge in [-0.15, -0.1) is 0 Å². The predicted octanol–water partition coefficient (Wildman–Crippen LogP) is 3.19. The van der Waals surface area contributed by atoms with Crippen molar-refractivity contribution in [2.45, 2.75) is 20.3 Å². The second kappa shape index (κ2) is 5.99. The van der Waals surface area contributed by atoms with E-state index < -0.39 is 0 Å². The molecule has 0 saturated heterocycles. The summed E-state index contributed by atoms with van der Waals surface area (Å²) in [5.41, 5.74) is -0.165. The molecule has 3 heteroatoms. The van der Waals surface area contributed by atoms with Gasteiger partial charge in [0.05, 0.1) is 6.26 Å². The molecule has 0 amide bonds. The average Bonchev–Trinajstić information content (AvgIpc) is 2.80. The Morgan fingerprint density at radius 1 is 1.47 bits per heavy atom. The Morgan fingerprint density at radius 3 is 2.82 bits per heavy atom. The van der Waals surface area contributed by atoms with Crippen LogP contribution in [0.15, 0.2) is 47.1 Å². The van der Waals surface area contributed by atoms with Crippen LogP contribution in [0.1, 0.15) is 30.8 Å². The first-order valence-electron chi connectivity index (χ1n) is 5.42. The lowest BCUT2D eigenvalue weighted by molar-refractivity contribution is -0.104. The number of rotatable bonds is 6. The van der Waals surface area contributed by atoms with Gasteiger partial charge in [-0.3, -0.25) is 9.59 Å². The molecule has 90 valence electrons. The molecule has 1 aromatic heterocycles. The van der Waals surface area contributed by atoms with Gasteiger partial charge in [0.1, 0.15) is 6.29 Å². The molecule has 0 aliphatic heterocycles. The smallest absolute Gasteiger partial charge is 0.220 e. The molecule has 0 saturated carbocycles. The van der Waals surface area contributed by atoms with Crippen LogP contribution in [0.4, 0.5) is 0 Å². The van der Waals surface area contributed by atoms with Gasteiger partial charge in [-0.1, -0.05) is 26.0 Å². The molecule has 3 nitrogen and oxygen atoms in total. The SMILES string of the molecule is CC(C)(/C=C/C(=O)c1ccco1)C/C=C/C=O. The van der Waals surface area contributed by atoms with Crippen molar-refractivity contribution in [2.75, 3.05) is 0 Å². The van der Waals surface area contributed by atoms with Crippen molar-refractivity contribution in [2.24, 2.45) is 5.41 Å². The summed E-state index contributed by atoms with van der Waals surface area (Å²) in [5.74, 6) is 0.183. The first kappa shape index (κ1) is 13.2. The van der Waals surface area contributed by atoms with Crippen LogP contribution in [0, 0.1) is 5.41 Å². The van der Waals surface area contributed by atoms with E-state index >= 15 is 0 Å². The highest BCUT2D eigenvalue weighted by atomic mass is 16.3. The Balaban J connectivity index is 2.60. The number of furan rings is 1. The lowest BCUT2D eigenvalue weighted by Gasteiger charge is -2.16.